The minimum atomic E-state index is -1.03. The van der Waals surface area contributed by atoms with Crippen molar-refractivity contribution in [2.24, 2.45) is 4.99 Å². The van der Waals surface area contributed by atoms with Gasteiger partial charge in [-0.15, -0.1) is 0 Å². The number of allylic oxidation sites excluding steroid dienone is 3. The number of nitrogens with two attached hydrogens (primary N) is 1. The number of benzene rings is 2. The van der Waals surface area contributed by atoms with Gasteiger partial charge in [-0.25, -0.2) is 4.79 Å². The lowest BCUT2D eigenvalue weighted by Crippen LogP contribution is -1.97. The first-order valence-corrected chi connectivity index (χ1v) is 10.2. The van der Waals surface area contributed by atoms with Crippen LogP contribution in [0.3, 0.4) is 0 Å². The summed E-state index contributed by atoms with van der Waals surface area (Å²) in [6.45, 7) is 9.43. The van der Waals surface area contributed by atoms with Crippen molar-refractivity contribution in [2.45, 2.75) is 27.2 Å². The quantitative estimate of drug-likeness (QED) is 0.156. The van der Waals surface area contributed by atoms with Gasteiger partial charge in [0.1, 0.15) is 6.29 Å². The van der Waals surface area contributed by atoms with Gasteiger partial charge in [-0.1, -0.05) is 51.1 Å². The summed E-state index contributed by atoms with van der Waals surface area (Å²) in [5.41, 5.74) is 9.00. The number of nitrogen functional groups attached to an aromatic ring is 1. The van der Waals surface area contributed by atoms with Gasteiger partial charge >= 0.3 is 5.97 Å². The average molecular weight is 444 g/mol. The number of aliphatic imine (C=N–C) groups is 1. The molecule has 0 aliphatic carbocycles. The number of hydrogen-bond donors (Lipinski definition) is 3. The van der Waals surface area contributed by atoms with E-state index in [9.17, 15) is 9.59 Å². The molecule has 4 N–H and O–H groups in total. The minimum Gasteiger partial charge on any atom is -0.478 e. The molecule has 0 radical (unpaired) electrons. The molecule has 0 aliphatic heterocycles. The van der Waals surface area contributed by atoms with Gasteiger partial charge < -0.3 is 16.2 Å². The number of rotatable bonds is 7. The number of carboxylic acid groups (broad SMARTS) is 1. The van der Waals surface area contributed by atoms with Crippen molar-refractivity contribution in [2.75, 3.05) is 18.1 Å². The Morgan fingerprint density at radius 1 is 1.26 bits per heavy atom. The fraction of sp³-hybridized carbons (Fsp3) is 0.208. The maximum absolute atomic E-state index is 11.0. The van der Waals surface area contributed by atoms with Crippen LogP contribution < -0.4 is 11.1 Å². The zero-order valence-electron chi connectivity index (χ0n) is 18.4. The summed E-state index contributed by atoms with van der Waals surface area (Å²) >= 11 is 6.10. The summed E-state index contributed by atoms with van der Waals surface area (Å²) in [6.07, 6.45) is 6.63. The predicted octanol–water partition coefficient (Wildman–Crippen LogP) is 6.15. The second kappa shape index (κ2) is 15.5. The van der Waals surface area contributed by atoms with Crippen molar-refractivity contribution in [1.29, 1.82) is 0 Å². The Morgan fingerprint density at radius 3 is 2.42 bits per heavy atom. The number of nitrogens with zero attached hydrogens (tertiary/aromatic N) is 1. The largest absolute Gasteiger partial charge is 0.478 e. The van der Waals surface area contributed by atoms with Crippen molar-refractivity contribution < 1.29 is 14.7 Å². The van der Waals surface area contributed by atoms with Crippen LogP contribution in [0.5, 0.6) is 0 Å². The van der Waals surface area contributed by atoms with Crippen LogP contribution in [0.15, 0.2) is 65.7 Å². The van der Waals surface area contributed by atoms with Gasteiger partial charge in [0.15, 0.2) is 0 Å². The highest BCUT2D eigenvalue weighted by Gasteiger charge is 2.06. The lowest BCUT2D eigenvalue weighted by atomic mass is 10.1. The summed E-state index contributed by atoms with van der Waals surface area (Å²) in [4.78, 5) is 25.2. The van der Waals surface area contributed by atoms with Gasteiger partial charge in [0.2, 0.25) is 0 Å². The molecular formula is C24H30ClN3O3. The van der Waals surface area contributed by atoms with Crippen molar-refractivity contribution in [1.82, 2.24) is 0 Å². The average Bonchev–Trinajstić information content (AvgIpc) is 2.79. The van der Waals surface area contributed by atoms with Crippen LogP contribution in [-0.4, -0.2) is 30.6 Å². The third-order valence-corrected chi connectivity index (χ3v) is 4.06. The fourth-order valence-electron chi connectivity index (χ4n) is 2.14. The SMILES string of the molecule is C=C/C(C=O)=C\CC.CC.CNc1ccc(Cl)c(C=Nc2cc(C(=O)O)ccc2N)c1. The second-order valence-electron chi connectivity index (χ2n) is 5.76. The Morgan fingerprint density at radius 2 is 1.94 bits per heavy atom. The molecule has 0 unspecified atom stereocenters. The number of aldehydes is 1. The number of carboxylic acids is 1. The molecule has 31 heavy (non-hydrogen) atoms. The van der Waals surface area contributed by atoms with Gasteiger partial charge in [0, 0.05) is 35.1 Å². The molecule has 0 amide bonds. The summed E-state index contributed by atoms with van der Waals surface area (Å²) in [5, 5.41) is 12.5. The fourth-order valence-corrected chi connectivity index (χ4v) is 2.31. The lowest BCUT2D eigenvalue weighted by molar-refractivity contribution is -0.104. The van der Waals surface area contributed by atoms with E-state index in [2.05, 4.69) is 16.9 Å². The van der Waals surface area contributed by atoms with E-state index in [1.54, 1.807) is 25.4 Å². The van der Waals surface area contributed by atoms with E-state index in [0.29, 0.717) is 27.5 Å². The Balaban J connectivity index is 0.000000762. The van der Waals surface area contributed by atoms with Crippen LogP contribution in [0.1, 0.15) is 43.1 Å². The Bertz CT molecular complexity index is 928. The van der Waals surface area contributed by atoms with Crippen molar-refractivity contribution in [3.05, 3.63) is 76.9 Å². The number of carbonyl (C=O) groups excluding carboxylic acids is 1. The molecule has 7 heteroatoms. The Labute approximate surface area is 189 Å². The molecule has 0 spiro atoms. The second-order valence-corrected chi connectivity index (χ2v) is 6.16. The highest BCUT2D eigenvalue weighted by molar-refractivity contribution is 6.33. The normalized spacial score (nSPS) is 10.3. The molecule has 0 aliphatic rings. The number of aromatic carboxylic acids is 1. The number of anilines is 2. The smallest absolute Gasteiger partial charge is 0.335 e. The maximum atomic E-state index is 11.0. The van der Waals surface area contributed by atoms with E-state index in [1.807, 2.05) is 39.0 Å². The molecule has 0 aromatic heterocycles. The zero-order valence-corrected chi connectivity index (χ0v) is 19.1. The molecule has 166 valence electrons. The Kier molecular flexibility index (Phi) is 13.8. The summed E-state index contributed by atoms with van der Waals surface area (Å²) < 4.78 is 0. The van der Waals surface area contributed by atoms with Gasteiger partial charge in [-0.3, -0.25) is 9.79 Å². The zero-order chi connectivity index (χ0) is 23.8. The highest BCUT2D eigenvalue weighted by atomic mass is 35.5. The van der Waals surface area contributed by atoms with Gasteiger partial charge in [0.05, 0.1) is 16.9 Å². The molecule has 0 heterocycles. The van der Waals surface area contributed by atoms with Crippen molar-refractivity contribution >= 4 is 47.1 Å². The van der Waals surface area contributed by atoms with E-state index < -0.39 is 5.97 Å². The molecule has 0 bridgehead atoms. The summed E-state index contributed by atoms with van der Waals surface area (Å²) in [6, 6.07) is 9.81. The van der Waals surface area contributed by atoms with Crippen LogP contribution in [0, 0.1) is 0 Å². The first kappa shape index (κ1) is 27.6. The highest BCUT2D eigenvalue weighted by Crippen LogP contribution is 2.25. The lowest BCUT2D eigenvalue weighted by Gasteiger charge is -2.04. The van der Waals surface area contributed by atoms with Crippen LogP contribution >= 0.6 is 11.6 Å². The van der Waals surface area contributed by atoms with Crippen LogP contribution in [0.2, 0.25) is 5.02 Å². The molecule has 0 saturated carbocycles. The van der Waals surface area contributed by atoms with Gasteiger partial charge in [-0.05, 0) is 42.8 Å². The molecule has 0 atom stereocenters. The molecular weight excluding hydrogens is 414 g/mol. The number of hydrogen-bond acceptors (Lipinski definition) is 5. The van der Waals surface area contributed by atoms with Crippen molar-refractivity contribution in [3.8, 4) is 0 Å². The first-order valence-electron chi connectivity index (χ1n) is 9.78. The van der Waals surface area contributed by atoms with Crippen LogP contribution in [0.4, 0.5) is 17.1 Å². The van der Waals surface area contributed by atoms with E-state index >= 15 is 0 Å². The number of carbonyl (C=O) groups is 2. The summed E-state index contributed by atoms with van der Waals surface area (Å²) in [5.74, 6) is -1.03. The molecule has 0 fully saturated rings. The van der Waals surface area contributed by atoms with Gasteiger partial charge in [-0.2, -0.15) is 0 Å². The van der Waals surface area contributed by atoms with E-state index in [0.717, 1.165) is 18.4 Å². The first-order chi connectivity index (χ1) is 14.9. The third-order valence-electron chi connectivity index (χ3n) is 3.72. The van der Waals surface area contributed by atoms with E-state index in [1.165, 1.54) is 18.2 Å². The predicted molar refractivity (Wildman–Crippen MR) is 132 cm³/mol. The topological polar surface area (TPSA) is 105 Å². The number of nitrogens with one attached hydrogen (secondary N) is 1. The van der Waals surface area contributed by atoms with Gasteiger partial charge in [0.25, 0.3) is 0 Å². The molecule has 2 rings (SSSR count). The molecule has 6 nitrogen and oxygen atoms in total. The molecule has 2 aromatic rings. The summed E-state index contributed by atoms with van der Waals surface area (Å²) in [7, 11) is 1.80. The minimum absolute atomic E-state index is 0.131. The van der Waals surface area contributed by atoms with E-state index in [4.69, 9.17) is 22.4 Å². The monoisotopic (exact) mass is 443 g/mol. The Hall–Kier alpha value is -3.38. The number of halogens is 1. The van der Waals surface area contributed by atoms with Crippen molar-refractivity contribution in [3.63, 3.8) is 0 Å². The standard InChI is InChI=1S/C15H14ClN3O2.C7H10O.C2H6/c1-18-11-3-4-12(16)10(6-11)8-19-14-7-9(15(20)21)2-5-13(14)17;1-3-5-7(4-2)6-8;1-2/h2-8,18H,17H2,1H3,(H,20,21);4-6H,2-3H2,1H3;1-2H3/b;7-5+;. The third kappa shape index (κ3) is 9.78. The van der Waals surface area contributed by atoms with Crippen LogP contribution in [0.25, 0.3) is 0 Å². The molecule has 0 saturated heterocycles. The van der Waals surface area contributed by atoms with Crippen LogP contribution in [-0.2, 0) is 4.79 Å². The maximum Gasteiger partial charge on any atom is 0.335 e. The van der Waals surface area contributed by atoms with E-state index in [-0.39, 0.29) is 5.56 Å². The molecule has 2 aromatic carbocycles.